The van der Waals surface area contributed by atoms with E-state index in [1.807, 2.05) is 37.3 Å². The minimum absolute atomic E-state index is 0.0629. The number of aromatic nitrogens is 2. The number of aryl methyl sites for hydroxylation is 1. The van der Waals surface area contributed by atoms with Crippen molar-refractivity contribution in [1.82, 2.24) is 9.55 Å². The molecule has 0 saturated carbocycles. The predicted molar refractivity (Wildman–Crippen MR) is 153 cm³/mol. The summed E-state index contributed by atoms with van der Waals surface area (Å²) in [6, 6.07) is 13.9. The molecule has 40 heavy (non-hydrogen) atoms. The molecule has 1 aromatic heterocycles. The zero-order valence-corrected chi connectivity index (χ0v) is 23.1. The first-order chi connectivity index (χ1) is 19.2. The smallest absolute Gasteiger partial charge is 0.333 e. The largest absolute Gasteiger partial charge is 0.492 e. The standard InChI is InChI=1S/C23H26N2O5.C6H14N2O2/c1-3-21-24-19-8-6-5-7-18(19)22(26)25(21)13-14-30-17-11-9-16(10-12-17)15-20(23(27)28)29-4-2;7-4-2-1-3-5(8)6(9)10/h5-12,20H,3-4,13-15H2,1-2H3,(H,27,28);5H,1-4,7-8H2,(H,9,10)/t20-;/m1./s1. The monoisotopic (exact) mass is 556 g/mol. The van der Waals surface area contributed by atoms with Crippen molar-refractivity contribution in [1.29, 1.82) is 0 Å². The van der Waals surface area contributed by atoms with Gasteiger partial charge in [-0.05, 0) is 56.1 Å². The fraction of sp³-hybridized carbons (Fsp3) is 0.448. The van der Waals surface area contributed by atoms with Crippen LogP contribution in [0.25, 0.3) is 10.9 Å². The number of fused-ring (bicyclic) bond motifs is 1. The van der Waals surface area contributed by atoms with Crippen LogP contribution in [0.2, 0.25) is 0 Å². The summed E-state index contributed by atoms with van der Waals surface area (Å²) >= 11 is 0. The first kappa shape index (κ1) is 32.4. The normalized spacial score (nSPS) is 12.3. The van der Waals surface area contributed by atoms with Crippen molar-refractivity contribution < 1.29 is 29.3 Å². The fourth-order valence-electron chi connectivity index (χ4n) is 3.96. The summed E-state index contributed by atoms with van der Waals surface area (Å²) in [5.41, 5.74) is 11.9. The van der Waals surface area contributed by atoms with E-state index in [1.165, 1.54) is 0 Å². The lowest BCUT2D eigenvalue weighted by Crippen LogP contribution is -2.29. The topological polar surface area (TPSA) is 180 Å². The van der Waals surface area contributed by atoms with Crippen molar-refractivity contribution in [2.45, 2.75) is 64.6 Å². The first-order valence-corrected chi connectivity index (χ1v) is 13.4. The molecule has 0 fully saturated rings. The summed E-state index contributed by atoms with van der Waals surface area (Å²) in [5.74, 6) is -0.523. The number of nitrogens with two attached hydrogens (primary N) is 2. The number of carbonyl (C=O) groups is 2. The summed E-state index contributed by atoms with van der Waals surface area (Å²) in [4.78, 5) is 38.8. The molecule has 218 valence electrons. The van der Waals surface area contributed by atoms with Crippen molar-refractivity contribution in [3.05, 3.63) is 70.3 Å². The summed E-state index contributed by atoms with van der Waals surface area (Å²) < 4.78 is 12.7. The second-order valence-electron chi connectivity index (χ2n) is 9.06. The molecular weight excluding hydrogens is 516 g/mol. The number of nitrogens with zero attached hydrogens (tertiary/aromatic N) is 2. The third kappa shape index (κ3) is 10.1. The lowest BCUT2D eigenvalue weighted by Gasteiger charge is -2.14. The van der Waals surface area contributed by atoms with Crippen LogP contribution in [0.15, 0.2) is 53.3 Å². The lowest BCUT2D eigenvalue weighted by molar-refractivity contribution is -0.150. The quantitative estimate of drug-likeness (QED) is 0.203. The SMILES string of the molecule is CCO[C@H](Cc1ccc(OCCn2c(CC)nc3ccccc3c2=O)cc1)C(=O)O.NCCCCC(N)C(=O)O. The zero-order valence-electron chi connectivity index (χ0n) is 23.1. The number of para-hydroxylation sites is 1. The molecule has 0 aliphatic carbocycles. The Morgan fingerprint density at radius 3 is 2.33 bits per heavy atom. The number of unbranched alkanes of at least 4 members (excludes halogenated alkanes) is 1. The van der Waals surface area contributed by atoms with E-state index in [0.29, 0.717) is 62.2 Å². The van der Waals surface area contributed by atoms with Gasteiger partial charge in [0.05, 0.1) is 17.4 Å². The Bertz CT molecular complexity index is 1280. The average molecular weight is 557 g/mol. The third-order valence-electron chi connectivity index (χ3n) is 6.11. The Hall–Kier alpha value is -3.80. The molecule has 0 saturated heterocycles. The highest BCUT2D eigenvalue weighted by molar-refractivity contribution is 5.77. The molecule has 0 amide bonds. The highest BCUT2D eigenvalue weighted by Gasteiger charge is 2.18. The van der Waals surface area contributed by atoms with E-state index in [2.05, 4.69) is 4.98 Å². The molecule has 6 N–H and O–H groups in total. The van der Waals surface area contributed by atoms with Gasteiger partial charge in [0, 0.05) is 19.4 Å². The molecule has 0 spiro atoms. The van der Waals surface area contributed by atoms with E-state index >= 15 is 0 Å². The van der Waals surface area contributed by atoms with Gasteiger partial charge >= 0.3 is 11.9 Å². The minimum atomic E-state index is -0.974. The number of carboxylic acid groups (broad SMARTS) is 2. The van der Waals surface area contributed by atoms with Crippen LogP contribution in [0.1, 0.15) is 44.5 Å². The van der Waals surface area contributed by atoms with Gasteiger partial charge in [0.1, 0.15) is 24.2 Å². The van der Waals surface area contributed by atoms with Crippen molar-refractivity contribution in [3.63, 3.8) is 0 Å². The molecule has 1 heterocycles. The van der Waals surface area contributed by atoms with Gasteiger partial charge in [-0.25, -0.2) is 9.78 Å². The molecular formula is C29H40N4O7. The summed E-state index contributed by atoms with van der Waals surface area (Å²) in [5, 5.41) is 18.1. The molecule has 2 atom stereocenters. The number of hydrogen-bond acceptors (Lipinski definition) is 8. The van der Waals surface area contributed by atoms with Crippen LogP contribution in [0.5, 0.6) is 5.75 Å². The van der Waals surface area contributed by atoms with E-state index in [1.54, 1.807) is 29.7 Å². The number of rotatable bonds is 15. The van der Waals surface area contributed by atoms with Crippen LogP contribution in [0, 0.1) is 0 Å². The molecule has 2 aromatic carbocycles. The average Bonchev–Trinajstić information content (AvgIpc) is 2.95. The Kier molecular flexibility index (Phi) is 13.8. The second kappa shape index (κ2) is 17.0. The van der Waals surface area contributed by atoms with E-state index < -0.39 is 24.1 Å². The molecule has 3 aromatic rings. The maximum absolute atomic E-state index is 12.8. The molecule has 1 unspecified atom stereocenters. The van der Waals surface area contributed by atoms with Crippen LogP contribution >= 0.6 is 0 Å². The molecule has 0 aliphatic heterocycles. The predicted octanol–water partition coefficient (Wildman–Crippen LogP) is 2.60. The van der Waals surface area contributed by atoms with Gasteiger partial charge in [0.2, 0.25) is 0 Å². The van der Waals surface area contributed by atoms with Crippen molar-refractivity contribution in [2.24, 2.45) is 11.5 Å². The molecule has 0 bridgehead atoms. The van der Waals surface area contributed by atoms with Crippen LogP contribution in [0.3, 0.4) is 0 Å². The maximum Gasteiger partial charge on any atom is 0.333 e. The maximum atomic E-state index is 12.8. The summed E-state index contributed by atoms with van der Waals surface area (Å²) in [7, 11) is 0. The number of aliphatic carboxylic acids is 2. The van der Waals surface area contributed by atoms with Crippen molar-refractivity contribution in [3.8, 4) is 5.75 Å². The van der Waals surface area contributed by atoms with Gasteiger partial charge in [-0.2, -0.15) is 0 Å². The van der Waals surface area contributed by atoms with Crippen molar-refractivity contribution >= 4 is 22.8 Å². The van der Waals surface area contributed by atoms with Gasteiger partial charge in [0.15, 0.2) is 6.10 Å². The fourth-order valence-corrected chi connectivity index (χ4v) is 3.96. The molecule has 11 heteroatoms. The lowest BCUT2D eigenvalue weighted by atomic mass is 10.1. The van der Waals surface area contributed by atoms with E-state index in [0.717, 1.165) is 24.2 Å². The Morgan fingerprint density at radius 2 is 1.73 bits per heavy atom. The van der Waals surface area contributed by atoms with Crippen LogP contribution in [0.4, 0.5) is 0 Å². The summed E-state index contributed by atoms with van der Waals surface area (Å²) in [6.07, 6.45) is 2.25. The van der Waals surface area contributed by atoms with Crippen LogP contribution in [-0.4, -0.2) is 63.6 Å². The molecule has 11 nitrogen and oxygen atoms in total. The van der Waals surface area contributed by atoms with Gasteiger partial charge in [-0.15, -0.1) is 0 Å². The number of carboxylic acids is 2. The minimum Gasteiger partial charge on any atom is -0.492 e. The van der Waals surface area contributed by atoms with Gasteiger partial charge < -0.3 is 31.2 Å². The van der Waals surface area contributed by atoms with Crippen LogP contribution < -0.4 is 21.8 Å². The number of ether oxygens (including phenoxy) is 2. The van der Waals surface area contributed by atoms with E-state index in [9.17, 15) is 19.5 Å². The molecule has 3 rings (SSSR count). The Labute approximate surface area is 233 Å². The molecule has 0 radical (unpaired) electrons. The van der Waals surface area contributed by atoms with Gasteiger partial charge in [-0.3, -0.25) is 14.2 Å². The van der Waals surface area contributed by atoms with Gasteiger partial charge in [0.25, 0.3) is 5.56 Å². The van der Waals surface area contributed by atoms with E-state index in [4.69, 9.17) is 26.0 Å². The number of benzene rings is 2. The molecule has 0 aliphatic rings. The Balaban J connectivity index is 0.000000478. The second-order valence-corrected chi connectivity index (χ2v) is 9.06. The first-order valence-electron chi connectivity index (χ1n) is 13.4. The third-order valence-corrected chi connectivity index (χ3v) is 6.11. The van der Waals surface area contributed by atoms with Crippen molar-refractivity contribution in [2.75, 3.05) is 19.8 Å². The van der Waals surface area contributed by atoms with Gasteiger partial charge in [-0.1, -0.05) is 37.6 Å². The number of hydrogen-bond donors (Lipinski definition) is 4. The highest BCUT2D eigenvalue weighted by atomic mass is 16.5. The van der Waals surface area contributed by atoms with Crippen LogP contribution in [-0.2, 0) is 33.7 Å². The zero-order chi connectivity index (χ0) is 29.5. The Morgan fingerprint density at radius 1 is 1.02 bits per heavy atom. The summed E-state index contributed by atoms with van der Waals surface area (Å²) in [6.45, 7) is 5.41. The highest BCUT2D eigenvalue weighted by Crippen LogP contribution is 2.15. The van der Waals surface area contributed by atoms with E-state index in [-0.39, 0.29) is 5.56 Å².